The predicted octanol–water partition coefficient (Wildman–Crippen LogP) is 1.37. The molecule has 8 heavy (non-hydrogen) atoms. The van der Waals surface area contributed by atoms with Crippen LogP contribution in [0, 0.1) is 0 Å². The van der Waals surface area contributed by atoms with E-state index in [0.29, 0.717) is 0 Å². The first kappa shape index (κ1) is 8.12. The van der Waals surface area contributed by atoms with Gasteiger partial charge in [-0.15, -0.1) is 12.6 Å². The third kappa shape index (κ3) is 2.44. The minimum absolute atomic E-state index is 0. The zero-order valence-corrected chi connectivity index (χ0v) is 8.27. The number of rotatable bonds is 0. The number of hydrogen-bond acceptors (Lipinski definition) is 2. The Bertz CT molecular complexity index is 142. The van der Waals surface area contributed by atoms with Crippen LogP contribution in [0.15, 0.2) is 29.4 Å². The third-order valence-electron chi connectivity index (χ3n) is 0.649. The second-order valence-electron chi connectivity index (χ2n) is 1.19. The van der Waals surface area contributed by atoms with Crippen LogP contribution >= 0.6 is 12.6 Å². The first-order chi connectivity index (χ1) is 3.39. The van der Waals surface area contributed by atoms with E-state index in [1.54, 1.807) is 6.20 Å². The molecule has 0 aromatic carbocycles. The van der Waals surface area contributed by atoms with Gasteiger partial charge in [-0.25, -0.2) is 0 Å². The van der Waals surface area contributed by atoms with E-state index >= 15 is 0 Å². The summed E-state index contributed by atoms with van der Waals surface area (Å²) in [7, 11) is 0. The monoisotopic (exact) mass is 175 g/mol. The maximum Gasteiger partial charge on any atom is 0.0929 e. The molecule has 0 spiro atoms. The van der Waals surface area contributed by atoms with Crippen LogP contribution in [0.25, 0.3) is 0 Å². The van der Waals surface area contributed by atoms with E-state index in [4.69, 9.17) is 0 Å². The minimum Gasteiger partial charge on any atom is -0.250 e. The van der Waals surface area contributed by atoms with Gasteiger partial charge in [-0.2, -0.15) is 0 Å². The molecule has 0 unspecified atom stereocenters. The number of thiol groups is 1. The van der Waals surface area contributed by atoms with E-state index in [1.807, 2.05) is 18.2 Å². The molecule has 38 valence electrons. The van der Waals surface area contributed by atoms with Crippen LogP contribution in [-0.2, 0) is 19.5 Å². The fraction of sp³-hybridized carbons (Fsp3) is 0. The molecule has 1 rings (SSSR count). The van der Waals surface area contributed by atoms with Gasteiger partial charge in [-0.3, -0.25) is 4.98 Å². The van der Waals surface area contributed by atoms with Crippen molar-refractivity contribution in [3.05, 3.63) is 24.4 Å². The van der Waals surface area contributed by atoms with Crippen molar-refractivity contribution in [3.63, 3.8) is 0 Å². The fourth-order valence-electron chi connectivity index (χ4n) is 0.354. The molecule has 0 bridgehead atoms. The summed E-state index contributed by atoms with van der Waals surface area (Å²) < 4.78 is 0. The third-order valence-corrected chi connectivity index (χ3v) is 0.914. The Hall–Kier alpha value is 0.123. The van der Waals surface area contributed by atoms with Gasteiger partial charge < -0.3 is 0 Å². The maximum atomic E-state index is 3.97. The Kier molecular flexibility index (Phi) is 4.11. The summed E-state index contributed by atoms with van der Waals surface area (Å²) in [5.41, 5.74) is 0. The van der Waals surface area contributed by atoms with Crippen LogP contribution in [0.5, 0.6) is 0 Å². The molecule has 0 amide bonds. The van der Waals surface area contributed by atoms with Gasteiger partial charge in [-0.1, -0.05) is 6.07 Å². The summed E-state index contributed by atoms with van der Waals surface area (Å²) in [5, 5.41) is 0.766. The molecule has 0 saturated heterocycles. The number of pyridine rings is 1. The molecule has 0 radical (unpaired) electrons. The molecule has 0 aliphatic rings. The van der Waals surface area contributed by atoms with E-state index in [2.05, 4.69) is 17.6 Å². The standard InChI is InChI=1S/C5H5NS.Zn/c7-5-3-1-2-4-6-5;/h1-4H,(H,6,7);. The Morgan fingerprint density at radius 2 is 2.12 bits per heavy atom. The first-order valence-electron chi connectivity index (χ1n) is 1.99. The summed E-state index contributed by atoms with van der Waals surface area (Å²) in [6.45, 7) is 0. The van der Waals surface area contributed by atoms with Crippen molar-refractivity contribution in [2.24, 2.45) is 0 Å². The summed E-state index contributed by atoms with van der Waals surface area (Å²) in [6, 6.07) is 5.60. The van der Waals surface area contributed by atoms with E-state index in [-0.39, 0.29) is 19.5 Å². The van der Waals surface area contributed by atoms with Gasteiger partial charge in [0.2, 0.25) is 0 Å². The molecular formula is C5H5NSZn. The van der Waals surface area contributed by atoms with Crippen LogP contribution in [0.4, 0.5) is 0 Å². The zero-order chi connectivity index (χ0) is 5.11. The van der Waals surface area contributed by atoms with Gasteiger partial charge >= 0.3 is 0 Å². The smallest absolute Gasteiger partial charge is 0.0929 e. The Morgan fingerprint density at radius 1 is 1.38 bits per heavy atom. The van der Waals surface area contributed by atoms with Crippen LogP contribution < -0.4 is 0 Å². The number of aromatic nitrogens is 1. The Morgan fingerprint density at radius 3 is 2.38 bits per heavy atom. The van der Waals surface area contributed by atoms with Crippen molar-refractivity contribution >= 4 is 12.6 Å². The molecule has 1 nitrogen and oxygen atoms in total. The summed E-state index contributed by atoms with van der Waals surface area (Å²) >= 11 is 3.97. The molecule has 0 atom stereocenters. The number of hydrogen-bond donors (Lipinski definition) is 1. The topological polar surface area (TPSA) is 12.9 Å². The molecule has 0 N–H and O–H groups in total. The summed E-state index contributed by atoms with van der Waals surface area (Å²) in [5.74, 6) is 0. The van der Waals surface area contributed by atoms with Crippen LogP contribution in [0.3, 0.4) is 0 Å². The quantitative estimate of drug-likeness (QED) is 0.465. The average molecular weight is 177 g/mol. The van der Waals surface area contributed by atoms with Crippen LogP contribution in [0.2, 0.25) is 0 Å². The molecule has 0 aliphatic heterocycles. The zero-order valence-electron chi connectivity index (χ0n) is 4.41. The SMILES string of the molecule is Sc1ccccn1.[Zn]. The van der Waals surface area contributed by atoms with Gasteiger partial charge in [0.25, 0.3) is 0 Å². The molecule has 1 aromatic heterocycles. The Labute approximate surface area is 66.7 Å². The molecule has 1 aromatic rings. The molecule has 0 saturated carbocycles. The molecular weight excluding hydrogens is 172 g/mol. The van der Waals surface area contributed by atoms with Crippen molar-refractivity contribution in [1.29, 1.82) is 0 Å². The van der Waals surface area contributed by atoms with Crippen molar-refractivity contribution in [1.82, 2.24) is 4.98 Å². The molecule has 0 fully saturated rings. The van der Waals surface area contributed by atoms with Crippen LogP contribution in [-0.4, -0.2) is 4.98 Å². The van der Waals surface area contributed by atoms with Gasteiger partial charge in [0.1, 0.15) is 0 Å². The Balaban J connectivity index is 0.000000490. The number of nitrogens with zero attached hydrogens (tertiary/aromatic N) is 1. The second-order valence-corrected chi connectivity index (χ2v) is 1.65. The van der Waals surface area contributed by atoms with E-state index in [9.17, 15) is 0 Å². The van der Waals surface area contributed by atoms with Crippen molar-refractivity contribution < 1.29 is 19.5 Å². The minimum atomic E-state index is 0. The van der Waals surface area contributed by atoms with Gasteiger partial charge in [0.15, 0.2) is 0 Å². The normalized spacial score (nSPS) is 7.62. The summed E-state index contributed by atoms with van der Waals surface area (Å²) in [6.07, 6.45) is 1.71. The van der Waals surface area contributed by atoms with Gasteiger partial charge in [0, 0.05) is 25.7 Å². The van der Waals surface area contributed by atoms with E-state index < -0.39 is 0 Å². The maximum absolute atomic E-state index is 3.97. The average Bonchev–Trinajstić information content (AvgIpc) is 1.69. The molecule has 0 aliphatic carbocycles. The summed E-state index contributed by atoms with van der Waals surface area (Å²) in [4.78, 5) is 3.84. The van der Waals surface area contributed by atoms with Crippen molar-refractivity contribution in [3.8, 4) is 0 Å². The van der Waals surface area contributed by atoms with E-state index in [1.165, 1.54) is 0 Å². The van der Waals surface area contributed by atoms with Crippen molar-refractivity contribution in [2.75, 3.05) is 0 Å². The fourth-order valence-corrected chi connectivity index (χ4v) is 0.506. The van der Waals surface area contributed by atoms with Gasteiger partial charge in [0.05, 0.1) is 5.03 Å². The van der Waals surface area contributed by atoms with Crippen molar-refractivity contribution in [2.45, 2.75) is 5.03 Å². The largest absolute Gasteiger partial charge is 0.250 e. The predicted molar refractivity (Wildman–Crippen MR) is 31.5 cm³/mol. The molecule has 3 heteroatoms. The second kappa shape index (κ2) is 4.05. The van der Waals surface area contributed by atoms with Gasteiger partial charge in [-0.05, 0) is 12.1 Å². The molecule has 1 heterocycles. The first-order valence-corrected chi connectivity index (χ1v) is 2.44. The van der Waals surface area contributed by atoms with E-state index in [0.717, 1.165) is 5.03 Å². The van der Waals surface area contributed by atoms with Crippen LogP contribution in [0.1, 0.15) is 0 Å².